The first kappa shape index (κ1) is 17.1. The van der Waals surface area contributed by atoms with Gasteiger partial charge in [-0.15, -0.1) is 11.3 Å². The van der Waals surface area contributed by atoms with Gasteiger partial charge in [0, 0.05) is 32.1 Å². The average molecular weight is 369 g/mol. The lowest BCUT2D eigenvalue weighted by Gasteiger charge is -2.36. The summed E-state index contributed by atoms with van der Waals surface area (Å²) in [5, 5.41) is 5.72. The van der Waals surface area contributed by atoms with Gasteiger partial charge in [-0.2, -0.15) is 0 Å². The van der Waals surface area contributed by atoms with Gasteiger partial charge in [0.15, 0.2) is 0 Å². The fourth-order valence-corrected chi connectivity index (χ4v) is 4.41. The average Bonchev–Trinajstić information content (AvgIpc) is 3.20. The first-order chi connectivity index (χ1) is 12.7. The highest BCUT2D eigenvalue weighted by atomic mass is 32.1. The Balaban J connectivity index is 1.30. The number of urea groups is 1. The number of fused-ring (bicyclic) bond motifs is 1. The molecule has 2 aliphatic heterocycles. The Bertz CT molecular complexity index is 782. The first-order valence-electron chi connectivity index (χ1n) is 9.16. The number of carbonyl (C=O) groups is 2. The molecule has 4 rings (SSSR count). The first-order valence-corrected chi connectivity index (χ1v) is 10.0. The lowest BCUT2D eigenvalue weighted by Crippen LogP contribution is -2.46. The Morgan fingerprint density at radius 2 is 1.73 bits per heavy atom. The van der Waals surface area contributed by atoms with Crippen LogP contribution >= 0.6 is 11.3 Å². The minimum atomic E-state index is -0.0646. The number of piperidine rings is 1. The van der Waals surface area contributed by atoms with Gasteiger partial charge in [-0.25, -0.2) is 4.79 Å². The minimum Gasteiger partial charge on any atom is -0.338 e. The van der Waals surface area contributed by atoms with Gasteiger partial charge in [-0.3, -0.25) is 10.1 Å². The third-order valence-electron chi connectivity index (χ3n) is 5.33. The smallest absolute Gasteiger partial charge is 0.322 e. The number of hydrogen-bond acceptors (Lipinski definition) is 3. The number of hydrogen-bond donors (Lipinski definition) is 1. The molecule has 0 saturated carbocycles. The number of carbonyl (C=O) groups excluding carboxylic acids is 2. The van der Waals surface area contributed by atoms with Crippen LogP contribution in [0.25, 0.3) is 0 Å². The number of thiophene rings is 1. The van der Waals surface area contributed by atoms with Crippen LogP contribution in [-0.2, 0) is 17.8 Å². The van der Waals surface area contributed by atoms with Crippen molar-refractivity contribution in [1.29, 1.82) is 0 Å². The topological polar surface area (TPSA) is 52.7 Å². The molecule has 2 aromatic rings. The van der Waals surface area contributed by atoms with Crippen LogP contribution in [0.3, 0.4) is 0 Å². The van der Waals surface area contributed by atoms with Crippen LogP contribution in [0.4, 0.5) is 9.80 Å². The van der Waals surface area contributed by atoms with Gasteiger partial charge in [-0.05, 0) is 47.9 Å². The van der Waals surface area contributed by atoms with E-state index in [9.17, 15) is 9.59 Å². The van der Waals surface area contributed by atoms with Crippen molar-refractivity contribution in [3.63, 3.8) is 0 Å². The Kier molecular flexibility index (Phi) is 4.93. The van der Waals surface area contributed by atoms with Crippen molar-refractivity contribution in [2.24, 2.45) is 5.92 Å². The molecule has 1 fully saturated rings. The summed E-state index contributed by atoms with van der Waals surface area (Å²) < 4.78 is 0. The second-order valence-corrected chi connectivity index (χ2v) is 7.89. The highest BCUT2D eigenvalue weighted by Gasteiger charge is 2.31. The highest BCUT2D eigenvalue weighted by Crippen LogP contribution is 2.25. The summed E-state index contributed by atoms with van der Waals surface area (Å²) in [4.78, 5) is 29.0. The standard InChI is InChI=1S/C20H23N3O2S/c24-19(23-12-7-15-4-1-2-5-17(15)14-23)16-8-10-22(11-9-16)20(25)21-18-6-3-13-26-18/h1-6,13,16H,7-12,14H2,(H,21,25). The van der Waals surface area contributed by atoms with E-state index in [1.54, 1.807) is 0 Å². The fraction of sp³-hybridized carbons (Fsp3) is 0.400. The summed E-state index contributed by atoms with van der Waals surface area (Å²) >= 11 is 1.51. The van der Waals surface area contributed by atoms with Gasteiger partial charge in [-0.1, -0.05) is 24.3 Å². The van der Waals surface area contributed by atoms with Gasteiger partial charge in [0.25, 0.3) is 0 Å². The lowest BCUT2D eigenvalue weighted by molar-refractivity contribution is -0.137. The molecule has 1 aromatic heterocycles. The molecule has 26 heavy (non-hydrogen) atoms. The molecule has 0 atom stereocenters. The molecular weight excluding hydrogens is 346 g/mol. The number of anilines is 1. The fourth-order valence-electron chi connectivity index (χ4n) is 3.81. The summed E-state index contributed by atoms with van der Waals surface area (Å²) in [6.07, 6.45) is 2.42. The van der Waals surface area contributed by atoms with Crippen LogP contribution in [0.1, 0.15) is 24.0 Å². The van der Waals surface area contributed by atoms with E-state index in [4.69, 9.17) is 0 Å². The van der Waals surface area contributed by atoms with Crippen molar-refractivity contribution in [1.82, 2.24) is 9.80 Å². The van der Waals surface area contributed by atoms with Crippen LogP contribution in [0.15, 0.2) is 41.8 Å². The Morgan fingerprint density at radius 1 is 0.962 bits per heavy atom. The molecule has 5 nitrogen and oxygen atoms in total. The van der Waals surface area contributed by atoms with Crippen molar-refractivity contribution in [3.05, 3.63) is 52.9 Å². The van der Waals surface area contributed by atoms with Crippen LogP contribution in [-0.4, -0.2) is 41.4 Å². The maximum atomic E-state index is 12.9. The summed E-state index contributed by atoms with van der Waals surface area (Å²) in [5.74, 6) is 0.281. The summed E-state index contributed by atoms with van der Waals surface area (Å²) in [5.41, 5.74) is 2.62. The van der Waals surface area contributed by atoms with E-state index in [-0.39, 0.29) is 17.9 Å². The molecule has 1 N–H and O–H groups in total. The quantitative estimate of drug-likeness (QED) is 0.880. The summed E-state index contributed by atoms with van der Waals surface area (Å²) in [7, 11) is 0. The predicted molar refractivity (Wildman–Crippen MR) is 103 cm³/mol. The zero-order chi connectivity index (χ0) is 17.9. The van der Waals surface area contributed by atoms with Gasteiger partial charge in [0.2, 0.25) is 5.91 Å². The molecule has 6 heteroatoms. The molecule has 0 unspecified atom stereocenters. The zero-order valence-electron chi connectivity index (χ0n) is 14.7. The van der Waals surface area contributed by atoms with E-state index < -0.39 is 0 Å². The normalized spacial score (nSPS) is 17.7. The van der Waals surface area contributed by atoms with Crippen molar-refractivity contribution >= 4 is 28.3 Å². The van der Waals surface area contributed by atoms with Crippen LogP contribution in [0.2, 0.25) is 0 Å². The van der Waals surface area contributed by atoms with Gasteiger partial charge >= 0.3 is 6.03 Å². The number of amides is 3. The van der Waals surface area contributed by atoms with Crippen molar-refractivity contribution in [2.75, 3.05) is 25.0 Å². The molecular formula is C20H23N3O2S. The van der Waals surface area contributed by atoms with Gasteiger partial charge in [0.05, 0.1) is 5.00 Å². The third kappa shape index (κ3) is 3.60. The lowest BCUT2D eigenvalue weighted by atomic mass is 9.93. The number of nitrogens with zero attached hydrogens (tertiary/aromatic N) is 2. The Labute approximate surface area is 157 Å². The van der Waals surface area contributed by atoms with E-state index >= 15 is 0 Å². The molecule has 1 aromatic carbocycles. The molecule has 0 bridgehead atoms. The Hall–Kier alpha value is -2.34. The summed E-state index contributed by atoms with van der Waals surface area (Å²) in [6.45, 7) is 2.79. The van der Waals surface area contributed by atoms with E-state index in [1.165, 1.54) is 22.5 Å². The van der Waals surface area contributed by atoms with E-state index in [0.717, 1.165) is 30.8 Å². The molecule has 3 amide bonds. The predicted octanol–water partition coefficient (Wildman–Crippen LogP) is 3.58. The SMILES string of the molecule is O=C(Nc1cccs1)N1CCC(C(=O)N2CCc3ccccc3C2)CC1. The Morgan fingerprint density at radius 3 is 2.46 bits per heavy atom. The highest BCUT2D eigenvalue weighted by molar-refractivity contribution is 7.14. The van der Waals surface area contributed by atoms with Crippen LogP contribution in [0.5, 0.6) is 0 Å². The van der Waals surface area contributed by atoms with Gasteiger partial charge in [0.1, 0.15) is 0 Å². The monoisotopic (exact) mass is 369 g/mol. The van der Waals surface area contributed by atoms with Crippen LogP contribution in [0, 0.1) is 5.92 Å². The van der Waals surface area contributed by atoms with E-state index in [1.807, 2.05) is 33.4 Å². The van der Waals surface area contributed by atoms with Crippen molar-refractivity contribution in [2.45, 2.75) is 25.8 Å². The maximum Gasteiger partial charge on any atom is 0.322 e. The molecule has 136 valence electrons. The second-order valence-electron chi connectivity index (χ2n) is 6.95. The molecule has 1 saturated heterocycles. The molecule has 0 radical (unpaired) electrons. The molecule has 0 spiro atoms. The number of benzene rings is 1. The summed E-state index contributed by atoms with van der Waals surface area (Å²) in [6, 6.07) is 12.1. The van der Waals surface area contributed by atoms with E-state index in [0.29, 0.717) is 19.6 Å². The molecule has 0 aliphatic carbocycles. The third-order valence-corrected chi connectivity index (χ3v) is 6.11. The minimum absolute atomic E-state index is 0.0334. The maximum absolute atomic E-state index is 12.9. The molecule has 3 heterocycles. The van der Waals surface area contributed by atoms with Crippen molar-refractivity contribution in [3.8, 4) is 0 Å². The second kappa shape index (κ2) is 7.50. The number of likely N-dealkylation sites (tertiary alicyclic amines) is 1. The van der Waals surface area contributed by atoms with Gasteiger partial charge < -0.3 is 9.80 Å². The van der Waals surface area contributed by atoms with Crippen LogP contribution < -0.4 is 5.32 Å². The van der Waals surface area contributed by atoms with E-state index in [2.05, 4.69) is 23.5 Å². The van der Waals surface area contributed by atoms with Crippen molar-refractivity contribution < 1.29 is 9.59 Å². The molecule has 2 aliphatic rings. The largest absolute Gasteiger partial charge is 0.338 e. The number of rotatable bonds is 2. The zero-order valence-corrected chi connectivity index (χ0v) is 15.5. The number of nitrogens with one attached hydrogen (secondary N) is 1.